The molecule has 0 bridgehead atoms. The van der Waals surface area contributed by atoms with Gasteiger partial charge in [-0.05, 0) is 36.3 Å². The molecule has 7 nitrogen and oxygen atoms in total. The number of amides is 1. The fraction of sp³-hybridized carbons (Fsp3) is 0.200. The summed E-state index contributed by atoms with van der Waals surface area (Å²) in [5.41, 5.74) is 7.57. The molecule has 0 spiro atoms. The Hall–Kier alpha value is -2.44. The van der Waals surface area contributed by atoms with Crippen molar-refractivity contribution in [3.05, 3.63) is 29.2 Å². The highest BCUT2D eigenvalue weighted by atomic mass is 16.6. The van der Waals surface area contributed by atoms with Crippen molar-refractivity contribution in [3.8, 4) is 0 Å². The minimum absolute atomic E-state index is 0.0371. The van der Waals surface area contributed by atoms with Crippen LogP contribution < -0.4 is 11.1 Å². The molecule has 1 amide bonds. The Bertz CT molecular complexity index is 564. The lowest BCUT2D eigenvalue weighted by Gasteiger charge is -2.06. The zero-order valence-electron chi connectivity index (χ0n) is 9.39. The summed E-state index contributed by atoms with van der Waals surface area (Å²) in [6.45, 7) is 3.67. The molecular weight excluding hydrogens is 222 g/mol. The van der Waals surface area contributed by atoms with Gasteiger partial charge in [0.25, 0.3) is 5.91 Å². The van der Waals surface area contributed by atoms with Crippen LogP contribution in [0.3, 0.4) is 0 Å². The number of hydrogen-bond acceptors (Lipinski definition) is 6. The fourth-order valence-corrected chi connectivity index (χ4v) is 1.35. The molecule has 0 radical (unpaired) electrons. The van der Waals surface area contributed by atoms with Crippen molar-refractivity contribution < 1.29 is 9.42 Å². The Morgan fingerprint density at radius 2 is 2.12 bits per heavy atom. The first-order chi connectivity index (χ1) is 8.08. The number of aromatic nitrogens is 3. The van der Waals surface area contributed by atoms with Gasteiger partial charge in [-0.25, -0.2) is 4.63 Å². The molecule has 0 fully saturated rings. The van der Waals surface area contributed by atoms with Gasteiger partial charge >= 0.3 is 0 Å². The molecule has 0 aliphatic rings. The number of nitrogens with two attached hydrogens (primary N) is 1. The van der Waals surface area contributed by atoms with Crippen LogP contribution in [0.4, 0.5) is 11.5 Å². The van der Waals surface area contributed by atoms with Gasteiger partial charge in [-0.15, -0.1) is 0 Å². The van der Waals surface area contributed by atoms with Gasteiger partial charge in [0, 0.05) is 5.69 Å². The summed E-state index contributed by atoms with van der Waals surface area (Å²) in [6.07, 6.45) is 0. The van der Waals surface area contributed by atoms with E-state index in [9.17, 15) is 4.79 Å². The maximum absolute atomic E-state index is 11.8. The molecule has 0 unspecified atom stereocenters. The second-order valence-electron chi connectivity index (χ2n) is 3.54. The molecule has 7 heteroatoms. The molecule has 2 aromatic heterocycles. The monoisotopic (exact) mass is 233 g/mol. The average Bonchev–Trinajstić information content (AvgIpc) is 2.68. The highest BCUT2D eigenvalue weighted by molar-refractivity contribution is 6.05. The van der Waals surface area contributed by atoms with E-state index in [4.69, 9.17) is 5.73 Å². The van der Waals surface area contributed by atoms with Gasteiger partial charge in [-0.1, -0.05) is 0 Å². The SMILES string of the molecule is Cc1ccc(NC(=O)c2nonc2N)c(C)n1. The molecular formula is C10H11N5O2. The Morgan fingerprint density at radius 1 is 1.35 bits per heavy atom. The van der Waals surface area contributed by atoms with Crippen molar-refractivity contribution in [2.45, 2.75) is 13.8 Å². The minimum atomic E-state index is -0.475. The third kappa shape index (κ3) is 2.22. The second kappa shape index (κ2) is 4.20. The number of aryl methyl sites for hydroxylation is 2. The van der Waals surface area contributed by atoms with Crippen molar-refractivity contribution in [2.75, 3.05) is 11.1 Å². The number of nitrogens with zero attached hydrogens (tertiary/aromatic N) is 3. The van der Waals surface area contributed by atoms with E-state index in [1.165, 1.54) is 0 Å². The lowest BCUT2D eigenvalue weighted by Crippen LogP contribution is -2.15. The van der Waals surface area contributed by atoms with E-state index >= 15 is 0 Å². The average molecular weight is 233 g/mol. The molecule has 2 heterocycles. The zero-order valence-corrected chi connectivity index (χ0v) is 9.39. The third-order valence-electron chi connectivity index (χ3n) is 2.20. The lowest BCUT2D eigenvalue weighted by molar-refractivity contribution is 0.101. The summed E-state index contributed by atoms with van der Waals surface area (Å²) in [4.78, 5) is 16.0. The Morgan fingerprint density at radius 3 is 2.71 bits per heavy atom. The number of carbonyl (C=O) groups excluding carboxylic acids is 1. The molecule has 0 aliphatic carbocycles. The molecule has 2 aromatic rings. The maximum atomic E-state index is 11.8. The second-order valence-corrected chi connectivity index (χ2v) is 3.54. The summed E-state index contributed by atoms with van der Waals surface area (Å²) in [5, 5.41) is 9.38. The first-order valence-electron chi connectivity index (χ1n) is 4.91. The highest BCUT2D eigenvalue weighted by Crippen LogP contribution is 2.14. The van der Waals surface area contributed by atoms with E-state index in [-0.39, 0.29) is 11.5 Å². The van der Waals surface area contributed by atoms with Crippen LogP contribution in [0.25, 0.3) is 0 Å². The highest BCUT2D eigenvalue weighted by Gasteiger charge is 2.16. The topological polar surface area (TPSA) is 107 Å². The summed E-state index contributed by atoms with van der Waals surface area (Å²) in [6, 6.07) is 3.56. The van der Waals surface area contributed by atoms with Crippen LogP contribution in [0.15, 0.2) is 16.8 Å². The van der Waals surface area contributed by atoms with Gasteiger partial charge in [-0.3, -0.25) is 9.78 Å². The molecule has 0 saturated carbocycles. The van der Waals surface area contributed by atoms with Crippen LogP contribution in [-0.4, -0.2) is 21.2 Å². The van der Waals surface area contributed by atoms with E-state index in [0.29, 0.717) is 11.4 Å². The van der Waals surface area contributed by atoms with E-state index in [0.717, 1.165) is 5.69 Å². The van der Waals surface area contributed by atoms with Gasteiger partial charge in [0.05, 0.1) is 11.4 Å². The van der Waals surface area contributed by atoms with Crippen LogP contribution >= 0.6 is 0 Å². The molecule has 0 saturated heterocycles. The molecule has 3 N–H and O–H groups in total. The van der Waals surface area contributed by atoms with Crippen LogP contribution in [0.1, 0.15) is 21.9 Å². The first-order valence-corrected chi connectivity index (χ1v) is 4.91. The number of nitrogens with one attached hydrogen (secondary N) is 1. The largest absolute Gasteiger partial charge is 0.379 e. The van der Waals surface area contributed by atoms with Crippen LogP contribution in [0, 0.1) is 13.8 Å². The van der Waals surface area contributed by atoms with Crippen molar-refractivity contribution in [1.29, 1.82) is 0 Å². The summed E-state index contributed by atoms with van der Waals surface area (Å²) >= 11 is 0. The number of hydrogen-bond donors (Lipinski definition) is 2. The smallest absolute Gasteiger partial charge is 0.281 e. The maximum Gasteiger partial charge on any atom is 0.281 e. The van der Waals surface area contributed by atoms with E-state index in [1.54, 1.807) is 19.1 Å². The molecule has 0 aliphatic heterocycles. The summed E-state index contributed by atoms with van der Waals surface area (Å²) in [5.74, 6) is -0.516. The lowest BCUT2D eigenvalue weighted by atomic mass is 10.2. The summed E-state index contributed by atoms with van der Waals surface area (Å²) < 4.78 is 4.35. The summed E-state index contributed by atoms with van der Waals surface area (Å²) in [7, 11) is 0. The van der Waals surface area contributed by atoms with Gasteiger partial charge in [0.15, 0.2) is 0 Å². The van der Waals surface area contributed by atoms with Gasteiger partial charge in [0.1, 0.15) is 0 Å². The molecule has 88 valence electrons. The van der Waals surface area contributed by atoms with E-state index in [1.807, 2.05) is 6.92 Å². The number of carbonyl (C=O) groups is 1. The van der Waals surface area contributed by atoms with Gasteiger partial charge < -0.3 is 11.1 Å². The number of pyridine rings is 1. The van der Waals surface area contributed by atoms with Gasteiger partial charge in [0.2, 0.25) is 11.5 Å². The van der Waals surface area contributed by atoms with E-state index in [2.05, 4.69) is 25.2 Å². The Labute approximate surface area is 97.0 Å². The zero-order chi connectivity index (χ0) is 12.4. The number of rotatable bonds is 2. The quantitative estimate of drug-likeness (QED) is 0.798. The number of anilines is 2. The standard InChI is InChI=1S/C10H11N5O2/c1-5-3-4-7(6(2)12-5)13-10(16)8-9(11)15-17-14-8/h3-4H,1-2H3,(H2,11,15)(H,13,16). The van der Waals surface area contributed by atoms with Crippen molar-refractivity contribution >= 4 is 17.4 Å². The van der Waals surface area contributed by atoms with Gasteiger partial charge in [-0.2, -0.15) is 0 Å². The van der Waals surface area contributed by atoms with Crippen LogP contribution in [0.5, 0.6) is 0 Å². The fourth-order valence-electron chi connectivity index (χ4n) is 1.35. The number of nitrogen functional groups attached to an aromatic ring is 1. The van der Waals surface area contributed by atoms with Crippen molar-refractivity contribution in [1.82, 2.24) is 15.3 Å². The van der Waals surface area contributed by atoms with E-state index < -0.39 is 5.91 Å². The first kappa shape index (κ1) is 11.1. The van der Waals surface area contributed by atoms with Crippen molar-refractivity contribution in [2.24, 2.45) is 0 Å². The predicted octanol–water partition coefficient (Wildman–Crippen LogP) is 0.916. The third-order valence-corrected chi connectivity index (χ3v) is 2.20. The van der Waals surface area contributed by atoms with Crippen LogP contribution in [0.2, 0.25) is 0 Å². The predicted molar refractivity (Wildman–Crippen MR) is 60.4 cm³/mol. The normalized spacial score (nSPS) is 10.2. The molecule has 0 aromatic carbocycles. The molecule has 2 rings (SSSR count). The molecule has 0 atom stereocenters. The minimum Gasteiger partial charge on any atom is -0.379 e. The van der Waals surface area contributed by atoms with Crippen molar-refractivity contribution in [3.63, 3.8) is 0 Å². The van der Waals surface area contributed by atoms with Crippen LogP contribution in [-0.2, 0) is 0 Å². The molecule has 17 heavy (non-hydrogen) atoms. The Balaban J connectivity index is 2.22. The Kier molecular flexibility index (Phi) is 2.73.